The SMILES string of the molecule is O=C1CCC(C(=O)Nc2cc(Cl)nc(Cl)n2)CN1. The van der Waals surface area contributed by atoms with E-state index in [2.05, 4.69) is 20.6 Å². The second kappa shape index (κ2) is 5.49. The smallest absolute Gasteiger partial charge is 0.230 e. The summed E-state index contributed by atoms with van der Waals surface area (Å²) < 4.78 is 0. The number of piperidine rings is 1. The molecule has 2 heterocycles. The summed E-state index contributed by atoms with van der Waals surface area (Å²) in [6, 6.07) is 1.41. The van der Waals surface area contributed by atoms with E-state index in [-0.39, 0.29) is 34.0 Å². The fourth-order valence-electron chi connectivity index (χ4n) is 1.64. The topological polar surface area (TPSA) is 84.0 Å². The third-order valence-electron chi connectivity index (χ3n) is 2.56. The zero-order valence-corrected chi connectivity index (χ0v) is 10.8. The van der Waals surface area contributed by atoms with E-state index in [1.807, 2.05) is 0 Å². The van der Waals surface area contributed by atoms with Crippen molar-refractivity contribution in [3.05, 3.63) is 16.5 Å². The lowest BCUT2D eigenvalue weighted by Crippen LogP contribution is -2.40. The number of anilines is 1. The molecule has 8 heteroatoms. The Morgan fingerprint density at radius 2 is 2.22 bits per heavy atom. The largest absolute Gasteiger partial charge is 0.355 e. The molecule has 1 aromatic rings. The molecule has 1 unspecified atom stereocenters. The minimum Gasteiger partial charge on any atom is -0.355 e. The van der Waals surface area contributed by atoms with Gasteiger partial charge in [-0.1, -0.05) is 11.6 Å². The van der Waals surface area contributed by atoms with Gasteiger partial charge in [-0.25, -0.2) is 9.97 Å². The fraction of sp³-hybridized carbons (Fsp3) is 0.400. The first-order chi connectivity index (χ1) is 8.54. The van der Waals surface area contributed by atoms with Gasteiger partial charge in [-0.2, -0.15) is 0 Å². The van der Waals surface area contributed by atoms with Crippen LogP contribution in [-0.2, 0) is 9.59 Å². The van der Waals surface area contributed by atoms with E-state index in [1.165, 1.54) is 6.07 Å². The molecule has 0 radical (unpaired) electrons. The van der Waals surface area contributed by atoms with Gasteiger partial charge >= 0.3 is 0 Å². The maximum absolute atomic E-state index is 11.9. The van der Waals surface area contributed by atoms with E-state index in [9.17, 15) is 9.59 Å². The molecule has 18 heavy (non-hydrogen) atoms. The molecule has 1 fully saturated rings. The number of halogens is 2. The minimum absolute atomic E-state index is 0.0326. The number of hydrogen-bond acceptors (Lipinski definition) is 4. The Balaban J connectivity index is 2.00. The summed E-state index contributed by atoms with van der Waals surface area (Å²) in [4.78, 5) is 30.4. The van der Waals surface area contributed by atoms with Crippen LogP contribution in [0.3, 0.4) is 0 Å². The van der Waals surface area contributed by atoms with Gasteiger partial charge in [0, 0.05) is 19.0 Å². The van der Waals surface area contributed by atoms with Crippen LogP contribution in [0.4, 0.5) is 5.82 Å². The maximum atomic E-state index is 11.9. The standard InChI is InChI=1S/C10H10Cl2N4O2/c11-6-3-7(16-10(12)14-6)15-9(18)5-1-2-8(17)13-4-5/h3,5H,1-2,4H2,(H,13,17)(H,14,15,16,18). The van der Waals surface area contributed by atoms with Crippen LogP contribution in [0.5, 0.6) is 0 Å². The Labute approximate surface area is 113 Å². The molecule has 0 bridgehead atoms. The number of hydrogen-bond donors (Lipinski definition) is 2. The fourth-order valence-corrected chi connectivity index (χ4v) is 2.05. The molecule has 1 atom stereocenters. The Hall–Kier alpha value is -1.40. The number of nitrogens with zero attached hydrogens (tertiary/aromatic N) is 2. The van der Waals surface area contributed by atoms with Crippen LogP contribution in [0.1, 0.15) is 12.8 Å². The summed E-state index contributed by atoms with van der Waals surface area (Å²) >= 11 is 11.3. The van der Waals surface area contributed by atoms with Gasteiger partial charge in [-0.05, 0) is 18.0 Å². The number of rotatable bonds is 2. The highest BCUT2D eigenvalue weighted by atomic mass is 35.5. The Morgan fingerprint density at radius 3 is 2.83 bits per heavy atom. The van der Waals surface area contributed by atoms with Crippen molar-refractivity contribution in [2.75, 3.05) is 11.9 Å². The first kappa shape index (κ1) is 13.0. The molecule has 1 aliphatic heterocycles. The van der Waals surface area contributed by atoms with Crippen molar-refractivity contribution in [1.82, 2.24) is 15.3 Å². The summed E-state index contributed by atoms with van der Waals surface area (Å²) in [6.45, 7) is 0.331. The van der Waals surface area contributed by atoms with Gasteiger partial charge in [0.2, 0.25) is 17.1 Å². The van der Waals surface area contributed by atoms with Gasteiger partial charge in [0.25, 0.3) is 0 Å². The van der Waals surface area contributed by atoms with Crippen molar-refractivity contribution < 1.29 is 9.59 Å². The summed E-state index contributed by atoms with van der Waals surface area (Å²) in [5.74, 6) is -0.273. The lowest BCUT2D eigenvalue weighted by molar-refractivity contribution is -0.126. The van der Waals surface area contributed by atoms with Crippen LogP contribution in [0.15, 0.2) is 6.07 Å². The lowest BCUT2D eigenvalue weighted by Gasteiger charge is -2.21. The average Bonchev–Trinajstić information content (AvgIpc) is 2.28. The summed E-state index contributed by atoms with van der Waals surface area (Å²) in [6.07, 6.45) is 0.869. The van der Waals surface area contributed by atoms with Crippen molar-refractivity contribution in [3.63, 3.8) is 0 Å². The van der Waals surface area contributed by atoms with Gasteiger partial charge in [0.05, 0.1) is 5.92 Å². The summed E-state index contributed by atoms with van der Waals surface area (Å²) in [7, 11) is 0. The zero-order valence-electron chi connectivity index (χ0n) is 9.24. The number of nitrogens with one attached hydrogen (secondary N) is 2. The highest BCUT2D eigenvalue weighted by Gasteiger charge is 2.24. The van der Waals surface area contributed by atoms with Crippen molar-refractivity contribution in [1.29, 1.82) is 0 Å². The average molecular weight is 289 g/mol. The Morgan fingerprint density at radius 1 is 1.44 bits per heavy atom. The number of carbonyl (C=O) groups excluding carboxylic acids is 2. The summed E-state index contributed by atoms with van der Waals surface area (Å²) in [5, 5.41) is 5.36. The quantitative estimate of drug-likeness (QED) is 0.634. The zero-order chi connectivity index (χ0) is 13.1. The van der Waals surface area contributed by atoms with Gasteiger partial charge in [-0.15, -0.1) is 0 Å². The molecule has 96 valence electrons. The highest BCUT2D eigenvalue weighted by molar-refractivity contribution is 6.32. The van der Waals surface area contributed by atoms with Gasteiger partial charge in [0.15, 0.2) is 0 Å². The molecule has 0 aliphatic carbocycles. The molecule has 1 aromatic heterocycles. The number of amides is 2. The van der Waals surface area contributed by atoms with Crippen LogP contribution in [0.25, 0.3) is 0 Å². The van der Waals surface area contributed by atoms with Gasteiger partial charge in [-0.3, -0.25) is 9.59 Å². The third-order valence-corrected chi connectivity index (χ3v) is 2.92. The van der Waals surface area contributed by atoms with Crippen molar-refractivity contribution in [2.45, 2.75) is 12.8 Å². The predicted octanol–water partition coefficient (Wildman–Crippen LogP) is 1.25. The molecule has 2 N–H and O–H groups in total. The molecule has 1 saturated heterocycles. The van der Waals surface area contributed by atoms with Crippen LogP contribution in [0.2, 0.25) is 10.4 Å². The van der Waals surface area contributed by atoms with Crippen molar-refractivity contribution in [3.8, 4) is 0 Å². The number of carbonyl (C=O) groups is 2. The normalized spacial score (nSPS) is 19.2. The minimum atomic E-state index is -0.268. The van der Waals surface area contributed by atoms with Crippen LogP contribution < -0.4 is 10.6 Å². The first-order valence-corrected chi connectivity index (χ1v) is 6.08. The van der Waals surface area contributed by atoms with Crippen LogP contribution in [-0.4, -0.2) is 28.3 Å². The van der Waals surface area contributed by atoms with E-state index in [0.717, 1.165) is 0 Å². The first-order valence-electron chi connectivity index (χ1n) is 5.32. The molecule has 1 aliphatic rings. The number of aromatic nitrogens is 2. The predicted molar refractivity (Wildman–Crippen MR) is 66.4 cm³/mol. The van der Waals surface area contributed by atoms with E-state index in [1.54, 1.807) is 0 Å². The summed E-state index contributed by atoms with van der Waals surface area (Å²) in [5.41, 5.74) is 0. The van der Waals surface area contributed by atoms with Gasteiger partial charge < -0.3 is 10.6 Å². The maximum Gasteiger partial charge on any atom is 0.230 e. The third kappa shape index (κ3) is 3.30. The Bertz CT molecular complexity index is 465. The van der Waals surface area contributed by atoms with Crippen molar-refractivity contribution in [2.24, 2.45) is 5.92 Å². The van der Waals surface area contributed by atoms with Crippen molar-refractivity contribution >= 4 is 40.8 Å². The van der Waals surface area contributed by atoms with E-state index in [4.69, 9.17) is 23.2 Å². The molecule has 2 amide bonds. The highest BCUT2D eigenvalue weighted by Crippen LogP contribution is 2.17. The lowest BCUT2D eigenvalue weighted by atomic mass is 9.98. The molecule has 0 aromatic carbocycles. The van der Waals surface area contributed by atoms with Gasteiger partial charge in [0.1, 0.15) is 11.0 Å². The van der Waals surface area contributed by atoms with Crippen LogP contribution in [0, 0.1) is 5.92 Å². The van der Waals surface area contributed by atoms with E-state index in [0.29, 0.717) is 19.4 Å². The molecule has 2 rings (SSSR count). The monoisotopic (exact) mass is 288 g/mol. The van der Waals surface area contributed by atoms with E-state index >= 15 is 0 Å². The second-order valence-electron chi connectivity index (χ2n) is 3.87. The molecule has 0 saturated carbocycles. The van der Waals surface area contributed by atoms with Crippen LogP contribution >= 0.6 is 23.2 Å². The molecular formula is C10H10Cl2N4O2. The second-order valence-corrected chi connectivity index (χ2v) is 4.60. The molecule has 6 nitrogen and oxygen atoms in total. The van der Waals surface area contributed by atoms with E-state index < -0.39 is 0 Å². The Kier molecular flexibility index (Phi) is 3.98. The molecular weight excluding hydrogens is 279 g/mol. The molecule has 0 spiro atoms.